The molecular formula is C57H36N4S. The summed E-state index contributed by atoms with van der Waals surface area (Å²) in [6.45, 7) is 0. The molecule has 0 unspecified atom stereocenters. The van der Waals surface area contributed by atoms with Crippen molar-refractivity contribution in [3.63, 3.8) is 0 Å². The number of nitrogens with zero attached hydrogens (tertiary/aromatic N) is 4. The zero-order chi connectivity index (χ0) is 41.0. The Morgan fingerprint density at radius 3 is 1.45 bits per heavy atom. The largest absolute Gasteiger partial charge is 0.308 e. The summed E-state index contributed by atoms with van der Waals surface area (Å²) in [7, 11) is 0. The summed E-state index contributed by atoms with van der Waals surface area (Å²) in [5.41, 5.74) is 13.5. The molecule has 12 aromatic rings. The summed E-state index contributed by atoms with van der Waals surface area (Å²) < 4.78 is 4.82. The Labute approximate surface area is 362 Å². The third-order valence-corrected chi connectivity index (χ3v) is 13.1. The Bertz CT molecular complexity index is 3590. The van der Waals surface area contributed by atoms with E-state index in [1.165, 1.54) is 65.1 Å². The van der Waals surface area contributed by atoms with Gasteiger partial charge in [0.25, 0.3) is 0 Å². The lowest BCUT2D eigenvalue weighted by Gasteiger charge is -2.11. The minimum absolute atomic E-state index is 0.643. The van der Waals surface area contributed by atoms with E-state index in [1.807, 2.05) is 35.6 Å². The molecule has 0 amide bonds. The predicted octanol–water partition coefficient (Wildman–Crippen LogP) is 15.3. The Hall–Kier alpha value is -7.99. The van der Waals surface area contributed by atoms with E-state index in [1.54, 1.807) is 0 Å². The highest BCUT2D eigenvalue weighted by Gasteiger charge is 2.21. The van der Waals surface area contributed by atoms with Crippen LogP contribution in [0.3, 0.4) is 0 Å². The number of thiophene rings is 1. The summed E-state index contributed by atoms with van der Waals surface area (Å²) >= 11 is 1.82. The Morgan fingerprint density at radius 2 is 0.758 bits per heavy atom. The van der Waals surface area contributed by atoms with Crippen LogP contribution in [0.15, 0.2) is 218 Å². The zero-order valence-corrected chi connectivity index (χ0v) is 34.3. The first-order valence-corrected chi connectivity index (χ1v) is 21.7. The van der Waals surface area contributed by atoms with E-state index >= 15 is 0 Å². The van der Waals surface area contributed by atoms with E-state index < -0.39 is 0 Å². The van der Waals surface area contributed by atoms with Crippen molar-refractivity contribution in [1.29, 1.82) is 0 Å². The van der Waals surface area contributed by atoms with E-state index in [-0.39, 0.29) is 0 Å². The van der Waals surface area contributed by atoms with E-state index in [2.05, 4.69) is 199 Å². The number of rotatable bonds is 7. The molecule has 0 spiro atoms. The molecule has 0 N–H and O–H groups in total. The fraction of sp³-hybridized carbons (Fsp3) is 0. The van der Waals surface area contributed by atoms with Crippen LogP contribution in [0.1, 0.15) is 0 Å². The Morgan fingerprint density at radius 1 is 0.306 bits per heavy atom. The summed E-state index contributed by atoms with van der Waals surface area (Å²) in [5.74, 6) is 1.94. The molecular weight excluding hydrogens is 773 g/mol. The molecule has 0 radical (unpaired) electrons. The van der Waals surface area contributed by atoms with Gasteiger partial charge >= 0.3 is 0 Å². The normalized spacial score (nSPS) is 11.5. The molecule has 0 atom stereocenters. The molecule has 0 fully saturated rings. The molecule has 0 bridgehead atoms. The van der Waals surface area contributed by atoms with E-state index in [0.717, 1.165) is 32.6 Å². The Kier molecular flexibility index (Phi) is 8.65. The van der Waals surface area contributed by atoms with Crippen LogP contribution in [0, 0.1) is 0 Å². The third kappa shape index (κ3) is 6.18. The van der Waals surface area contributed by atoms with E-state index in [9.17, 15) is 0 Å². The van der Waals surface area contributed by atoms with Gasteiger partial charge in [-0.2, -0.15) is 0 Å². The van der Waals surface area contributed by atoms with E-state index in [0.29, 0.717) is 17.5 Å². The first-order chi connectivity index (χ1) is 30.7. The predicted molar refractivity (Wildman–Crippen MR) is 260 cm³/mol. The Balaban J connectivity index is 1.01. The SMILES string of the molecule is c1ccc(-c2ccc(-c3nc(-c4ccccc4)nc(-c4cccc5c4sc4c5ccc5c6ccccc6n(-c6ccc(-c7cccc(-c8ccccc8)c7)cc6)c54)n3)cc2)cc1. The molecule has 0 aliphatic carbocycles. The van der Waals surface area contributed by atoms with Crippen molar-refractivity contribution >= 4 is 53.3 Å². The van der Waals surface area contributed by atoms with Crippen molar-refractivity contribution in [3.8, 4) is 73.2 Å². The molecule has 4 nitrogen and oxygen atoms in total. The van der Waals surface area contributed by atoms with Crippen LogP contribution >= 0.6 is 11.3 Å². The van der Waals surface area contributed by atoms with Gasteiger partial charge in [0.2, 0.25) is 0 Å². The number of hydrogen-bond donors (Lipinski definition) is 0. The van der Waals surface area contributed by atoms with Crippen LogP contribution in [0.4, 0.5) is 0 Å². The van der Waals surface area contributed by atoms with Gasteiger partial charge in [-0.1, -0.05) is 188 Å². The van der Waals surface area contributed by atoms with Crippen LogP contribution in [-0.4, -0.2) is 19.5 Å². The molecule has 0 saturated carbocycles. The van der Waals surface area contributed by atoms with Gasteiger partial charge in [-0.15, -0.1) is 11.3 Å². The monoisotopic (exact) mass is 808 g/mol. The van der Waals surface area contributed by atoms with Crippen molar-refractivity contribution in [2.75, 3.05) is 0 Å². The number of para-hydroxylation sites is 1. The quantitative estimate of drug-likeness (QED) is 0.161. The lowest BCUT2D eigenvalue weighted by Crippen LogP contribution is -2.00. The second kappa shape index (κ2) is 14.9. The fourth-order valence-corrected chi connectivity index (χ4v) is 10.2. The number of hydrogen-bond acceptors (Lipinski definition) is 4. The van der Waals surface area contributed by atoms with Crippen molar-refractivity contribution in [1.82, 2.24) is 19.5 Å². The molecule has 0 aliphatic rings. The number of aromatic nitrogens is 4. The second-order valence-corrected chi connectivity index (χ2v) is 16.6. The maximum atomic E-state index is 5.22. The molecule has 0 aliphatic heterocycles. The summed E-state index contributed by atoms with van der Waals surface area (Å²) in [4.78, 5) is 15.5. The lowest BCUT2D eigenvalue weighted by atomic mass is 9.99. The smallest absolute Gasteiger partial charge is 0.165 e. The number of benzene rings is 9. The first kappa shape index (κ1) is 35.9. The van der Waals surface area contributed by atoms with Gasteiger partial charge in [-0.3, -0.25) is 0 Å². The van der Waals surface area contributed by atoms with Crippen molar-refractivity contribution < 1.29 is 0 Å². The lowest BCUT2D eigenvalue weighted by molar-refractivity contribution is 1.08. The van der Waals surface area contributed by atoms with Crippen LogP contribution in [0.5, 0.6) is 0 Å². The van der Waals surface area contributed by atoms with Crippen LogP contribution in [0.25, 0.3) is 115 Å². The van der Waals surface area contributed by atoms with Gasteiger partial charge < -0.3 is 4.57 Å². The highest BCUT2D eigenvalue weighted by molar-refractivity contribution is 7.27. The fourth-order valence-electron chi connectivity index (χ4n) is 8.84. The maximum Gasteiger partial charge on any atom is 0.165 e. The van der Waals surface area contributed by atoms with Crippen molar-refractivity contribution in [2.24, 2.45) is 0 Å². The third-order valence-electron chi connectivity index (χ3n) is 11.9. The van der Waals surface area contributed by atoms with Crippen molar-refractivity contribution in [3.05, 3.63) is 218 Å². The van der Waals surface area contributed by atoms with Gasteiger partial charge in [0.05, 0.1) is 15.7 Å². The van der Waals surface area contributed by atoms with Gasteiger partial charge in [0, 0.05) is 48.6 Å². The van der Waals surface area contributed by atoms with Crippen molar-refractivity contribution in [2.45, 2.75) is 0 Å². The summed E-state index contributed by atoms with van der Waals surface area (Å²) in [5, 5.41) is 4.86. The average Bonchev–Trinajstić information content (AvgIpc) is 3.91. The molecule has 9 aromatic carbocycles. The van der Waals surface area contributed by atoms with Crippen LogP contribution in [0.2, 0.25) is 0 Å². The minimum atomic E-state index is 0.643. The summed E-state index contributed by atoms with van der Waals surface area (Å²) in [6, 6.07) is 77.4. The molecule has 3 aromatic heterocycles. The van der Waals surface area contributed by atoms with Gasteiger partial charge in [-0.25, -0.2) is 15.0 Å². The molecule has 12 rings (SSSR count). The van der Waals surface area contributed by atoms with E-state index in [4.69, 9.17) is 15.0 Å². The highest BCUT2D eigenvalue weighted by atomic mass is 32.1. The second-order valence-electron chi connectivity index (χ2n) is 15.6. The number of fused-ring (bicyclic) bond motifs is 7. The average molecular weight is 809 g/mol. The maximum absolute atomic E-state index is 5.22. The highest BCUT2D eigenvalue weighted by Crippen LogP contribution is 2.45. The van der Waals surface area contributed by atoms with Gasteiger partial charge in [0.15, 0.2) is 17.5 Å². The molecule has 3 heterocycles. The van der Waals surface area contributed by atoms with Gasteiger partial charge in [0.1, 0.15) is 0 Å². The molecule has 62 heavy (non-hydrogen) atoms. The van der Waals surface area contributed by atoms with Crippen LogP contribution in [-0.2, 0) is 0 Å². The topological polar surface area (TPSA) is 43.6 Å². The summed E-state index contributed by atoms with van der Waals surface area (Å²) in [6.07, 6.45) is 0. The molecule has 290 valence electrons. The standard InChI is InChI=1S/C57H36N4S/c1-4-14-37(15-5-1)39-26-28-42(29-27-39)56-58-55(41-18-8-3-9-19-41)59-57(60-56)50-24-13-23-48-49-35-34-47-46-22-10-11-25-51(46)61(52(47)54(49)62-53(48)50)45-32-30-40(31-33-45)44-21-12-20-43(36-44)38-16-6-2-7-17-38/h1-36H. The first-order valence-electron chi connectivity index (χ1n) is 20.8. The van der Waals surface area contributed by atoms with Gasteiger partial charge in [-0.05, 0) is 63.7 Å². The molecule has 5 heteroatoms. The zero-order valence-electron chi connectivity index (χ0n) is 33.5. The van der Waals surface area contributed by atoms with Crippen LogP contribution < -0.4 is 0 Å². The minimum Gasteiger partial charge on any atom is -0.308 e. The molecule has 0 saturated heterocycles.